The van der Waals surface area contributed by atoms with Crippen LogP contribution in [0.15, 0.2) is 42.9 Å². The van der Waals surface area contributed by atoms with Crippen LogP contribution in [0.5, 0.6) is 0 Å². The van der Waals surface area contributed by atoms with Crippen LogP contribution in [0.1, 0.15) is 24.5 Å². The van der Waals surface area contributed by atoms with Gasteiger partial charge in [0.05, 0.1) is 16.9 Å². The van der Waals surface area contributed by atoms with Crippen LogP contribution in [-0.2, 0) is 0 Å². The molecule has 0 bridgehead atoms. The number of hydrogen-bond donors (Lipinski definition) is 3. The molecule has 4 heterocycles. The molecule has 0 atom stereocenters. The lowest BCUT2D eigenvalue weighted by atomic mass is 9.90. The number of hydrogen-bond acceptors (Lipinski definition) is 5. The molecule has 8 heteroatoms. The minimum Gasteiger partial charge on any atom is -0.383 e. The molecule has 152 valence electrons. The van der Waals surface area contributed by atoms with Crippen LogP contribution in [0.4, 0.5) is 5.82 Å². The maximum absolute atomic E-state index is 6.40. The largest absolute Gasteiger partial charge is 0.383 e. The molecular formula is C22H20Cl2N6. The number of pyridine rings is 2. The molecule has 0 amide bonds. The van der Waals surface area contributed by atoms with E-state index in [0.29, 0.717) is 27.5 Å². The Balaban J connectivity index is 1.59. The van der Waals surface area contributed by atoms with E-state index in [1.807, 2.05) is 18.3 Å². The van der Waals surface area contributed by atoms with Crippen molar-refractivity contribution in [2.75, 3.05) is 18.8 Å². The monoisotopic (exact) mass is 438 g/mol. The summed E-state index contributed by atoms with van der Waals surface area (Å²) < 4.78 is 0. The molecule has 4 aromatic rings. The van der Waals surface area contributed by atoms with E-state index < -0.39 is 0 Å². The van der Waals surface area contributed by atoms with Gasteiger partial charge in [0.25, 0.3) is 0 Å². The minimum absolute atomic E-state index is 0.413. The normalized spacial score (nSPS) is 15.0. The van der Waals surface area contributed by atoms with Gasteiger partial charge in [-0.15, -0.1) is 0 Å². The van der Waals surface area contributed by atoms with Gasteiger partial charge in [-0.3, -0.25) is 10.1 Å². The minimum atomic E-state index is 0.413. The second kappa shape index (κ2) is 7.87. The van der Waals surface area contributed by atoms with Crippen LogP contribution in [0.2, 0.25) is 10.0 Å². The summed E-state index contributed by atoms with van der Waals surface area (Å²) in [6.07, 6.45) is 7.53. The van der Waals surface area contributed by atoms with E-state index in [9.17, 15) is 0 Å². The molecular weight excluding hydrogens is 419 g/mol. The number of anilines is 1. The van der Waals surface area contributed by atoms with Crippen LogP contribution in [-0.4, -0.2) is 33.3 Å². The van der Waals surface area contributed by atoms with Crippen molar-refractivity contribution in [2.45, 2.75) is 18.8 Å². The molecule has 1 aliphatic rings. The average Bonchev–Trinajstić information content (AvgIpc) is 3.27. The Morgan fingerprint density at radius 2 is 1.67 bits per heavy atom. The molecule has 6 nitrogen and oxygen atoms in total. The highest BCUT2D eigenvalue weighted by atomic mass is 35.5. The molecule has 5 rings (SSSR count). The molecule has 0 unspecified atom stereocenters. The van der Waals surface area contributed by atoms with Crippen molar-refractivity contribution < 1.29 is 0 Å². The summed E-state index contributed by atoms with van der Waals surface area (Å²) in [5.41, 5.74) is 10.8. The number of nitrogens with zero attached hydrogens (tertiary/aromatic N) is 3. The Hall–Kier alpha value is -2.67. The number of nitrogens with two attached hydrogens (primary N) is 1. The Morgan fingerprint density at radius 3 is 2.47 bits per heavy atom. The fraction of sp³-hybridized carbons (Fsp3) is 0.227. The first-order chi connectivity index (χ1) is 14.6. The van der Waals surface area contributed by atoms with Gasteiger partial charge in [0, 0.05) is 56.5 Å². The lowest BCUT2D eigenvalue weighted by Gasteiger charge is -2.22. The summed E-state index contributed by atoms with van der Waals surface area (Å²) in [7, 11) is 0. The van der Waals surface area contributed by atoms with Gasteiger partial charge in [0.1, 0.15) is 5.82 Å². The highest BCUT2D eigenvalue weighted by Gasteiger charge is 2.21. The molecule has 1 aliphatic heterocycles. The predicted octanol–water partition coefficient (Wildman–Crippen LogP) is 5.04. The number of halogens is 2. The highest BCUT2D eigenvalue weighted by Crippen LogP contribution is 2.36. The standard InChI is InChI=1S/C22H20Cl2N6/c23-18-1-2-19(24)17-10-27-20(8-14(17)18)15-7-13(9-28-22(15)25)16-11-29-30-21(16)12-3-5-26-6-4-12/h1-2,7-12,26H,3-6H2,(H2,25,28)(H,29,30). The number of aromatic nitrogens is 4. The predicted molar refractivity (Wildman–Crippen MR) is 122 cm³/mol. The van der Waals surface area contributed by atoms with Crippen molar-refractivity contribution in [3.63, 3.8) is 0 Å². The molecule has 30 heavy (non-hydrogen) atoms. The van der Waals surface area contributed by atoms with Crippen molar-refractivity contribution >= 4 is 39.8 Å². The van der Waals surface area contributed by atoms with E-state index in [2.05, 4.69) is 25.5 Å². The van der Waals surface area contributed by atoms with Gasteiger partial charge in [0.2, 0.25) is 0 Å². The quantitative estimate of drug-likeness (QED) is 0.416. The second-order valence-corrected chi connectivity index (χ2v) is 8.34. The molecule has 1 saturated heterocycles. The first kappa shape index (κ1) is 19.3. The number of nitrogen functional groups attached to an aromatic ring is 1. The molecule has 1 aromatic carbocycles. The van der Waals surface area contributed by atoms with Crippen molar-refractivity contribution in [2.24, 2.45) is 0 Å². The van der Waals surface area contributed by atoms with Crippen molar-refractivity contribution in [1.82, 2.24) is 25.5 Å². The van der Waals surface area contributed by atoms with Crippen LogP contribution < -0.4 is 11.1 Å². The topological polar surface area (TPSA) is 92.5 Å². The average molecular weight is 439 g/mol. The van der Waals surface area contributed by atoms with Crippen molar-refractivity contribution in [3.8, 4) is 22.4 Å². The third-order valence-corrected chi connectivity index (χ3v) is 6.38. The molecule has 1 fully saturated rings. The smallest absolute Gasteiger partial charge is 0.132 e. The number of nitrogens with one attached hydrogen (secondary N) is 2. The summed E-state index contributed by atoms with van der Waals surface area (Å²) in [6, 6.07) is 7.48. The van der Waals surface area contributed by atoms with Crippen molar-refractivity contribution in [1.29, 1.82) is 0 Å². The van der Waals surface area contributed by atoms with Crippen LogP contribution in [0.3, 0.4) is 0 Å². The fourth-order valence-corrected chi connectivity index (χ4v) is 4.53. The third kappa shape index (κ3) is 3.41. The second-order valence-electron chi connectivity index (χ2n) is 7.52. The SMILES string of the molecule is Nc1ncc(-c2cn[nH]c2C2CCNCC2)cc1-c1cc2c(Cl)ccc(Cl)c2cn1. The summed E-state index contributed by atoms with van der Waals surface area (Å²) in [5, 5.41) is 13.8. The number of benzene rings is 1. The molecule has 0 aliphatic carbocycles. The van der Waals surface area contributed by atoms with Gasteiger partial charge in [-0.05, 0) is 50.2 Å². The van der Waals surface area contributed by atoms with E-state index >= 15 is 0 Å². The molecule has 0 saturated carbocycles. The van der Waals surface area contributed by atoms with Crippen LogP contribution in [0.25, 0.3) is 33.2 Å². The molecule has 0 spiro atoms. The Labute approximate surface area is 183 Å². The Bertz CT molecular complexity index is 1230. The van der Waals surface area contributed by atoms with Crippen LogP contribution in [0, 0.1) is 0 Å². The highest BCUT2D eigenvalue weighted by molar-refractivity contribution is 6.40. The fourth-order valence-electron chi connectivity index (χ4n) is 4.09. The van der Waals surface area contributed by atoms with Gasteiger partial charge in [-0.25, -0.2) is 4.98 Å². The summed E-state index contributed by atoms with van der Waals surface area (Å²) >= 11 is 12.7. The zero-order valence-electron chi connectivity index (χ0n) is 16.1. The van der Waals surface area contributed by atoms with E-state index in [1.165, 1.54) is 0 Å². The number of H-pyrrole nitrogens is 1. The molecule has 0 radical (unpaired) electrons. The lowest BCUT2D eigenvalue weighted by molar-refractivity contribution is 0.453. The van der Waals surface area contributed by atoms with E-state index in [1.54, 1.807) is 24.5 Å². The first-order valence-corrected chi connectivity index (χ1v) is 10.6. The van der Waals surface area contributed by atoms with Gasteiger partial charge >= 0.3 is 0 Å². The van der Waals surface area contributed by atoms with E-state index in [0.717, 1.165) is 59.1 Å². The number of piperidine rings is 1. The maximum Gasteiger partial charge on any atom is 0.132 e. The maximum atomic E-state index is 6.40. The summed E-state index contributed by atoms with van der Waals surface area (Å²) in [6.45, 7) is 2.03. The third-order valence-electron chi connectivity index (χ3n) is 5.72. The molecule has 3 aromatic heterocycles. The zero-order valence-corrected chi connectivity index (χ0v) is 17.6. The van der Waals surface area contributed by atoms with Gasteiger partial charge in [-0.1, -0.05) is 23.2 Å². The molecule has 4 N–H and O–H groups in total. The van der Waals surface area contributed by atoms with Gasteiger partial charge < -0.3 is 11.1 Å². The van der Waals surface area contributed by atoms with Gasteiger partial charge in [0.15, 0.2) is 0 Å². The zero-order chi connectivity index (χ0) is 20.7. The van der Waals surface area contributed by atoms with Crippen LogP contribution >= 0.6 is 23.2 Å². The summed E-state index contributed by atoms with van der Waals surface area (Å²) in [4.78, 5) is 9.02. The van der Waals surface area contributed by atoms with Gasteiger partial charge in [-0.2, -0.15) is 5.10 Å². The number of fused-ring (bicyclic) bond motifs is 1. The Morgan fingerprint density at radius 1 is 0.900 bits per heavy atom. The lowest BCUT2D eigenvalue weighted by Crippen LogP contribution is -2.27. The number of aromatic amines is 1. The summed E-state index contributed by atoms with van der Waals surface area (Å²) in [5.74, 6) is 0.861. The first-order valence-electron chi connectivity index (χ1n) is 9.86. The van der Waals surface area contributed by atoms with E-state index in [-0.39, 0.29) is 0 Å². The van der Waals surface area contributed by atoms with Crippen molar-refractivity contribution in [3.05, 3.63) is 58.6 Å². The number of rotatable bonds is 3. The Kier molecular flexibility index (Phi) is 5.06. The van der Waals surface area contributed by atoms with E-state index in [4.69, 9.17) is 28.9 Å².